The molecular formula is C16H20N2OS. The number of carbonyl (C=O) groups excluding carboxylic acids is 1. The van der Waals surface area contributed by atoms with Crippen molar-refractivity contribution in [2.75, 3.05) is 7.05 Å². The van der Waals surface area contributed by atoms with E-state index in [2.05, 4.69) is 11.9 Å². The predicted molar refractivity (Wildman–Crippen MR) is 86.4 cm³/mol. The molecule has 1 aliphatic rings. The summed E-state index contributed by atoms with van der Waals surface area (Å²) in [5.41, 5.74) is 2.00. The first-order valence-corrected chi connectivity index (χ1v) is 7.17. The fourth-order valence-corrected chi connectivity index (χ4v) is 2.92. The van der Waals surface area contributed by atoms with Crippen molar-refractivity contribution in [1.29, 1.82) is 0 Å². The Morgan fingerprint density at radius 3 is 2.45 bits per heavy atom. The quantitative estimate of drug-likeness (QED) is 0.682. The molecule has 2 atom stereocenters. The summed E-state index contributed by atoms with van der Waals surface area (Å²) in [7, 11) is 1.76. The lowest BCUT2D eigenvalue weighted by atomic mass is 9.79. The Balaban J connectivity index is 2.32. The van der Waals surface area contributed by atoms with Gasteiger partial charge < -0.3 is 10.2 Å². The molecule has 106 valence electrons. The number of thiocarbonyl (C=S) groups is 1. The summed E-state index contributed by atoms with van der Waals surface area (Å²) in [6.45, 7) is 8.23. The van der Waals surface area contributed by atoms with Gasteiger partial charge in [0.1, 0.15) is 5.92 Å². The van der Waals surface area contributed by atoms with Gasteiger partial charge >= 0.3 is 0 Å². The molecule has 20 heavy (non-hydrogen) atoms. The topological polar surface area (TPSA) is 32.3 Å². The molecule has 1 aromatic carbocycles. The molecule has 1 aliphatic heterocycles. The highest BCUT2D eigenvalue weighted by molar-refractivity contribution is 7.80. The van der Waals surface area contributed by atoms with Crippen LogP contribution >= 0.6 is 12.2 Å². The van der Waals surface area contributed by atoms with Crippen LogP contribution in [0.2, 0.25) is 0 Å². The van der Waals surface area contributed by atoms with E-state index in [4.69, 9.17) is 12.2 Å². The van der Waals surface area contributed by atoms with Gasteiger partial charge in [-0.1, -0.05) is 49.1 Å². The molecular weight excluding hydrogens is 268 g/mol. The van der Waals surface area contributed by atoms with E-state index in [0.717, 1.165) is 11.1 Å². The van der Waals surface area contributed by atoms with Gasteiger partial charge in [0.2, 0.25) is 5.91 Å². The SMILES string of the molecule is C=C(c1ccccc1)[C@H]1[C@H](C(=S)NC)C(=O)N1C(C)C. The van der Waals surface area contributed by atoms with Crippen LogP contribution in [-0.4, -0.2) is 34.9 Å². The van der Waals surface area contributed by atoms with Crippen LogP contribution in [0.4, 0.5) is 0 Å². The Morgan fingerprint density at radius 1 is 1.35 bits per heavy atom. The lowest BCUT2D eigenvalue weighted by molar-refractivity contribution is -0.150. The number of carbonyl (C=O) groups is 1. The van der Waals surface area contributed by atoms with Crippen LogP contribution in [0.1, 0.15) is 19.4 Å². The summed E-state index contributed by atoms with van der Waals surface area (Å²) in [5, 5.41) is 2.94. The molecule has 4 heteroatoms. The predicted octanol–water partition coefficient (Wildman–Crippen LogP) is 2.48. The molecule has 1 saturated heterocycles. The highest BCUT2D eigenvalue weighted by atomic mass is 32.1. The van der Waals surface area contributed by atoms with Crippen LogP contribution in [0.3, 0.4) is 0 Å². The molecule has 0 aliphatic carbocycles. The Kier molecular flexibility index (Phi) is 4.23. The third-order valence-electron chi connectivity index (χ3n) is 3.72. The lowest BCUT2D eigenvalue weighted by Crippen LogP contribution is -2.67. The van der Waals surface area contributed by atoms with Crippen LogP contribution in [0.15, 0.2) is 36.9 Å². The molecule has 0 saturated carbocycles. The molecule has 0 spiro atoms. The number of β-lactam (4-membered cyclic amide) rings is 1. The van der Waals surface area contributed by atoms with E-state index in [1.54, 1.807) is 7.05 Å². The number of hydrogen-bond donors (Lipinski definition) is 1. The summed E-state index contributed by atoms with van der Waals surface area (Å²) < 4.78 is 0. The number of benzene rings is 1. The fraction of sp³-hybridized carbons (Fsp3) is 0.375. The molecule has 2 rings (SSSR count). The number of likely N-dealkylation sites (tertiary alicyclic amines) is 1. The smallest absolute Gasteiger partial charge is 0.235 e. The summed E-state index contributed by atoms with van der Waals surface area (Å²) in [6, 6.07) is 10.1. The van der Waals surface area contributed by atoms with Crippen molar-refractivity contribution < 1.29 is 4.79 Å². The first-order chi connectivity index (χ1) is 9.49. The van der Waals surface area contributed by atoms with E-state index in [0.29, 0.717) is 4.99 Å². The van der Waals surface area contributed by atoms with Gasteiger partial charge in [0.05, 0.1) is 11.0 Å². The van der Waals surface area contributed by atoms with Crippen LogP contribution in [-0.2, 0) is 4.79 Å². The van der Waals surface area contributed by atoms with Crippen LogP contribution in [0, 0.1) is 5.92 Å². The number of nitrogens with one attached hydrogen (secondary N) is 1. The summed E-state index contributed by atoms with van der Waals surface area (Å²) in [4.78, 5) is 14.8. The second kappa shape index (κ2) is 5.75. The molecule has 1 heterocycles. The van der Waals surface area contributed by atoms with Crippen molar-refractivity contribution in [2.24, 2.45) is 5.92 Å². The van der Waals surface area contributed by atoms with E-state index in [-0.39, 0.29) is 23.9 Å². The van der Waals surface area contributed by atoms with E-state index >= 15 is 0 Å². The van der Waals surface area contributed by atoms with Gasteiger partial charge in [0.15, 0.2) is 0 Å². The lowest BCUT2D eigenvalue weighted by Gasteiger charge is -2.50. The standard InChI is InChI=1S/C16H20N2OS/c1-10(2)18-14(13(16(18)19)15(20)17-4)11(3)12-8-6-5-7-9-12/h5-10,13-14H,3H2,1-2,4H3,(H,17,20)/t13-,14+/m1/s1. The van der Waals surface area contributed by atoms with Gasteiger partial charge in [0, 0.05) is 13.1 Å². The van der Waals surface area contributed by atoms with E-state index in [1.165, 1.54) is 0 Å². The largest absolute Gasteiger partial charge is 0.382 e. The van der Waals surface area contributed by atoms with Gasteiger partial charge in [-0.05, 0) is 25.0 Å². The molecule has 0 radical (unpaired) electrons. The van der Waals surface area contributed by atoms with Crippen molar-refractivity contribution in [3.8, 4) is 0 Å². The first-order valence-electron chi connectivity index (χ1n) is 6.77. The zero-order valence-corrected chi connectivity index (χ0v) is 12.9. The monoisotopic (exact) mass is 288 g/mol. The minimum absolute atomic E-state index is 0.0511. The molecule has 1 aromatic rings. The highest BCUT2D eigenvalue weighted by Gasteiger charge is 2.51. The molecule has 0 bridgehead atoms. The minimum atomic E-state index is -0.287. The molecule has 0 aromatic heterocycles. The number of amides is 1. The van der Waals surface area contributed by atoms with Crippen molar-refractivity contribution in [2.45, 2.75) is 25.9 Å². The third kappa shape index (κ3) is 2.36. The van der Waals surface area contributed by atoms with Crippen LogP contribution in [0.5, 0.6) is 0 Å². The van der Waals surface area contributed by atoms with Crippen LogP contribution < -0.4 is 5.32 Å². The fourth-order valence-electron chi connectivity index (χ4n) is 2.69. The van der Waals surface area contributed by atoms with Gasteiger partial charge in [-0.3, -0.25) is 4.79 Å². The molecule has 1 fully saturated rings. The third-order valence-corrected chi connectivity index (χ3v) is 4.18. The average molecular weight is 288 g/mol. The summed E-state index contributed by atoms with van der Waals surface area (Å²) in [5.74, 6) is -0.202. The van der Waals surface area contributed by atoms with E-state index < -0.39 is 0 Å². The molecule has 1 N–H and O–H groups in total. The second-order valence-electron chi connectivity index (χ2n) is 5.27. The Labute approximate surface area is 125 Å². The number of rotatable bonds is 4. The Bertz CT molecular complexity index is 539. The summed E-state index contributed by atoms with van der Waals surface area (Å²) in [6.07, 6.45) is 0. The van der Waals surface area contributed by atoms with Gasteiger partial charge in [-0.15, -0.1) is 0 Å². The molecule has 0 unspecified atom stereocenters. The summed E-state index contributed by atoms with van der Waals surface area (Å²) >= 11 is 5.29. The Morgan fingerprint density at radius 2 is 1.95 bits per heavy atom. The van der Waals surface area contributed by atoms with Crippen LogP contribution in [0.25, 0.3) is 5.57 Å². The van der Waals surface area contributed by atoms with E-state index in [1.807, 2.05) is 49.1 Å². The average Bonchev–Trinajstić information content (AvgIpc) is 2.44. The molecule has 1 amide bonds. The highest BCUT2D eigenvalue weighted by Crippen LogP contribution is 2.38. The number of hydrogen-bond acceptors (Lipinski definition) is 2. The maximum absolute atomic E-state index is 12.3. The first kappa shape index (κ1) is 14.7. The van der Waals surface area contributed by atoms with Crippen molar-refractivity contribution in [1.82, 2.24) is 10.2 Å². The second-order valence-corrected chi connectivity index (χ2v) is 5.71. The van der Waals surface area contributed by atoms with E-state index in [9.17, 15) is 4.79 Å². The minimum Gasteiger partial charge on any atom is -0.382 e. The Hall–Kier alpha value is -1.68. The zero-order valence-electron chi connectivity index (χ0n) is 12.1. The van der Waals surface area contributed by atoms with Gasteiger partial charge in [0.25, 0.3) is 0 Å². The van der Waals surface area contributed by atoms with Crippen molar-refractivity contribution in [3.05, 3.63) is 42.5 Å². The normalized spacial score (nSPS) is 21.6. The zero-order chi connectivity index (χ0) is 14.9. The maximum Gasteiger partial charge on any atom is 0.235 e. The number of nitrogens with zero attached hydrogens (tertiary/aromatic N) is 1. The maximum atomic E-state index is 12.3. The van der Waals surface area contributed by atoms with Gasteiger partial charge in [-0.25, -0.2) is 0 Å². The van der Waals surface area contributed by atoms with Crippen molar-refractivity contribution >= 4 is 28.7 Å². The van der Waals surface area contributed by atoms with Crippen molar-refractivity contribution in [3.63, 3.8) is 0 Å². The molecule has 3 nitrogen and oxygen atoms in total. The van der Waals surface area contributed by atoms with Gasteiger partial charge in [-0.2, -0.15) is 0 Å².